The number of aliphatic imine (C=N–C) groups is 2. The number of aryl methyl sites for hydroxylation is 4. The molecular formula is C47H63N11O2. The third kappa shape index (κ3) is 11.6. The molecule has 4 heterocycles. The van der Waals surface area contributed by atoms with Crippen LogP contribution in [0.3, 0.4) is 0 Å². The number of imidazole rings is 1. The Morgan fingerprint density at radius 2 is 1.83 bits per heavy atom. The van der Waals surface area contributed by atoms with Crippen molar-refractivity contribution < 1.29 is 9.53 Å². The van der Waals surface area contributed by atoms with Crippen molar-refractivity contribution in [2.45, 2.75) is 80.8 Å². The predicted molar refractivity (Wildman–Crippen MR) is 249 cm³/mol. The summed E-state index contributed by atoms with van der Waals surface area (Å²) in [5.74, 6) is 1.99. The van der Waals surface area contributed by atoms with Crippen molar-refractivity contribution in [3.05, 3.63) is 113 Å². The molecule has 318 valence electrons. The molecule has 3 aromatic heterocycles. The number of morpholine rings is 1. The first kappa shape index (κ1) is 45.2. The quantitative estimate of drug-likeness (QED) is 0.0297. The zero-order chi connectivity index (χ0) is 43.3. The van der Waals surface area contributed by atoms with Gasteiger partial charge in [-0.15, -0.1) is 0 Å². The number of benzene rings is 1. The molecule has 1 aromatic carbocycles. The van der Waals surface area contributed by atoms with E-state index in [4.69, 9.17) is 25.4 Å². The molecule has 0 bridgehead atoms. The molecule has 1 aliphatic heterocycles. The van der Waals surface area contributed by atoms with Gasteiger partial charge in [-0.2, -0.15) is 5.10 Å². The number of nitrogens with zero attached hydrogens (tertiary/aromatic N) is 9. The maximum Gasteiger partial charge on any atom is 0.208 e. The molecule has 0 radical (unpaired) electrons. The van der Waals surface area contributed by atoms with Gasteiger partial charge in [-0.3, -0.25) is 19.4 Å². The largest absolute Gasteiger partial charge is 0.402 e. The van der Waals surface area contributed by atoms with Crippen LogP contribution < -0.4 is 16.0 Å². The third-order valence-corrected chi connectivity index (χ3v) is 10.4. The van der Waals surface area contributed by atoms with Crippen LogP contribution in [0.1, 0.15) is 85.9 Å². The normalized spacial score (nSPS) is 14.3. The fraction of sp³-hybridized carbons (Fsp3) is 0.404. The molecule has 13 nitrogen and oxygen atoms in total. The number of amidine groups is 1. The number of ether oxygens (including phenoxy) is 1. The van der Waals surface area contributed by atoms with E-state index in [1.54, 1.807) is 19.2 Å². The lowest BCUT2D eigenvalue weighted by Crippen LogP contribution is -2.36. The fourth-order valence-electron chi connectivity index (χ4n) is 7.36. The van der Waals surface area contributed by atoms with E-state index < -0.39 is 0 Å². The highest BCUT2D eigenvalue weighted by molar-refractivity contribution is 6.10. The summed E-state index contributed by atoms with van der Waals surface area (Å²) in [7, 11) is 0. The van der Waals surface area contributed by atoms with Crippen molar-refractivity contribution in [3.63, 3.8) is 0 Å². The van der Waals surface area contributed by atoms with Gasteiger partial charge >= 0.3 is 0 Å². The number of rotatable bonds is 20. The first-order valence-corrected chi connectivity index (χ1v) is 20.9. The van der Waals surface area contributed by atoms with Crippen LogP contribution in [0.2, 0.25) is 0 Å². The number of pyridine rings is 1. The van der Waals surface area contributed by atoms with Crippen molar-refractivity contribution in [3.8, 4) is 0 Å². The predicted octanol–water partition coefficient (Wildman–Crippen LogP) is 8.17. The van der Waals surface area contributed by atoms with Crippen LogP contribution in [-0.2, 0) is 24.2 Å². The standard InChI is InChI=1S/C47H63N11O2/c1-11-39-29-40(18-14-15-19-55-22-24-60-25-23-55)45-43(30-39)53-47(52-36(8)44-28-34(6)54-58(44)13-3)57(45)21-17-16-20-56(46-32(4)26-41(31-50-46)37(9)59)38(10)51-35(7)42(49-12-2)27-33(5)48/h11,16-17,26-31H,1,7-8,12-15,18-25,48H2,2-6,9-10H3,(H,52,53)/b17-16+,33-27-,49-42?,51-38?. The minimum atomic E-state index is -0.0441. The van der Waals surface area contributed by atoms with Gasteiger partial charge in [0.05, 0.1) is 52.7 Å². The number of nitrogens with one attached hydrogen (secondary N) is 1. The molecule has 1 saturated heterocycles. The summed E-state index contributed by atoms with van der Waals surface area (Å²) in [4.78, 5) is 36.1. The molecule has 0 amide bonds. The van der Waals surface area contributed by atoms with Crippen LogP contribution in [0.25, 0.3) is 22.8 Å². The number of nitrogens with two attached hydrogens (primary N) is 1. The molecule has 0 spiro atoms. The Balaban J connectivity index is 1.51. The zero-order valence-corrected chi connectivity index (χ0v) is 36.7. The van der Waals surface area contributed by atoms with E-state index in [1.807, 2.05) is 62.4 Å². The van der Waals surface area contributed by atoms with Gasteiger partial charge in [0.25, 0.3) is 0 Å². The van der Waals surface area contributed by atoms with Crippen molar-refractivity contribution >= 4 is 51.9 Å². The maximum atomic E-state index is 12.2. The van der Waals surface area contributed by atoms with Crippen LogP contribution in [-0.4, -0.2) is 92.5 Å². The molecule has 4 aromatic rings. The first-order chi connectivity index (χ1) is 28.8. The van der Waals surface area contributed by atoms with Crippen molar-refractivity contribution in [2.75, 3.05) is 56.2 Å². The zero-order valence-electron chi connectivity index (χ0n) is 36.7. The highest BCUT2D eigenvalue weighted by atomic mass is 16.5. The number of Topliss-reactive ketones (excluding diaryl/α,β-unsaturated/α-hetero) is 1. The van der Waals surface area contributed by atoms with E-state index in [0.29, 0.717) is 65.6 Å². The Labute approximate surface area is 355 Å². The Kier molecular flexibility index (Phi) is 16.1. The second kappa shape index (κ2) is 21.4. The molecule has 5 rings (SSSR count). The number of allylic oxidation sites excluding steroid dienone is 3. The number of hydrogen-bond acceptors (Lipinski definition) is 10. The van der Waals surface area contributed by atoms with Gasteiger partial charge in [-0.25, -0.2) is 15.0 Å². The number of anilines is 2. The Hall–Kier alpha value is -5.92. The molecule has 0 unspecified atom stereocenters. The minimum absolute atomic E-state index is 0.0441. The molecule has 13 heteroatoms. The summed E-state index contributed by atoms with van der Waals surface area (Å²) >= 11 is 0. The highest BCUT2D eigenvalue weighted by Gasteiger charge is 2.19. The molecular weight excluding hydrogens is 751 g/mol. The highest BCUT2D eigenvalue weighted by Crippen LogP contribution is 2.29. The van der Waals surface area contributed by atoms with E-state index in [1.165, 1.54) is 5.56 Å². The summed E-state index contributed by atoms with van der Waals surface area (Å²) in [5.41, 5.74) is 15.9. The van der Waals surface area contributed by atoms with Crippen LogP contribution >= 0.6 is 0 Å². The van der Waals surface area contributed by atoms with E-state index in [9.17, 15) is 4.79 Å². The second-order valence-electron chi connectivity index (χ2n) is 15.2. The number of unbranched alkanes of at least 4 members (excludes halogenated alkanes) is 1. The van der Waals surface area contributed by atoms with Crippen LogP contribution in [0.15, 0.2) is 89.8 Å². The van der Waals surface area contributed by atoms with Crippen molar-refractivity contribution in [1.82, 2.24) is 29.2 Å². The van der Waals surface area contributed by atoms with Crippen LogP contribution in [0.4, 0.5) is 11.8 Å². The van der Waals surface area contributed by atoms with Gasteiger partial charge in [-0.1, -0.05) is 38.0 Å². The SMILES string of the molecule is C=Cc1cc(CCCCN2CCOCC2)c2c(c1)nc(NC(=C)c1cc(C)nn1CC)n2C/C=C/CN(C(C)=NC(=C)C(/C=C(/C)N)=NCC)c1ncc(C(C)=O)cc1C. The number of fused-ring (bicyclic) bond motifs is 1. The Morgan fingerprint density at radius 1 is 1.07 bits per heavy atom. The average Bonchev–Trinajstić information content (AvgIpc) is 3.78. The molecule has 0 atom stereocenters. The lowest BCUT2D eigenvalue weighted by Gasteiger charge is -2.26. The number of ketones is 1. The average molecular weight is 814 g/mol. The monoisotopic (exact) mass is 814 g/mol. The van der Waals surface area contributed by atoms with E-state index in [0.717, 1.165) is 92.2 Å². The summed E-state index contributed by atoms with van der Waals surface area (Å²) in [5, 5.41) is 8.22. The van der Waals surface area contributed by atoms with Gasteiger partial charge in [0.15, 0.2) is 5.78 Å². The second-order valence-corrected chi connectivity index (χ2v) is 15.2. The summed E-state index contributed by atoms with van der Waals surface area (Å²) in [6, 6.07) is 8.24. The van der Waals surface area contributed by atoms with Crippen molar-refractivity contribution in [2.24, 2.45) is 15.7 Å². The fourth-order valence-corrected chi connectivity index (χ4v) is 7.36. The summed E-state index contributed by atoms with van der Waals surface area (Å²) in [6.07, 6.45) is 12.6. The van der Waals surface area contributed by atoms with Gasteiger partial charge in [0, 0.05) is 56.7 Å². The number of aromatic nitrogens is 5. The summed E-state index contributed by atoms with van der Waals surface area (Å²) < 4.78 is 9.74. The number of carbonyl (C=O) groups is 1. The molecule has 1 fully saturated rings. The first-order valence-electron chi connectivity index (χ1n) is 20.9. The van der Waals surface area contributed by atoms with Gasteiger partial charge in [-0.05, 0) is 121 Å². The lowest BCUT2D eigenvalue weighted by atomic mass is 10.0. The minimum Gasteiger partial charge on any atom is -0.402 e. The molecule has 3 N–H and O–H groups in total. The van der Waals surface area contributed by atoms with Gasteiger partial charge < -0.3 is 25.3 Å². The van der Waals surface area contributed by atoms with Crippen LogP contribution in [0.5, 0.6) is 0 Å². The molecule has 1 aliphatic rings. The molecule has 0 saturated carbocycles. The Bertz CT molecular complexity index is 2310. The maximum absolute atomic E-state index is 12.2. The van der Waals surface area contributed by atoms with E-state index >= 15 is 0 Å². The lowest BCUT2D eigenvalue weighted by molar-refractivity contribution is 0.0372. The van der Waals surface area contributed by atoms with Gasteiger partial charge in [0.2, 0.25) is 5.95 Å². The van der Waals surface area contributed by atoms with E-state index in [-0.39, 0.29) is 5.78 Å². The Morgan fingerprint density at radius 3 is 2.50 bits per heavy atom. The van der Waals surface area contributed by atoms with Crippen molar-refractivity contribution in [1.29, 1.82) is 0 Å². The molecule has 60 heavy (non-hydrogen) atoms. The van der Waals surface area contributed by atoms with Gasteiger partial charge in [0.1, 0.15) is 11.7 Å². The molecule has 0 aliphatic carbocycles. The van der Waals surface area contributed by atoms with E-state index in [2.05, 4.69) is 75.8 Å². The topological polar surface area (TPSA) is 144 Å². The van der Waals surface area contributed by atoms with Crippen LogP contribution in [0, 0.1) is 13.8 Å². The number of carbonyl (C=O) groups excluding carboxylic acids is 1. The smallest absolute Gasteiger partial charge is 0.208 e. The third-order valence-electron chi connectivity index (χ3n) is 10.4. The number of hydrogen-bond donors (Lipinski definition) is 2. The summed E-state index contributed by atoms with van der Waals surface area (Å²) in [6.45, 7) is 32.9.